The summed E-state index contributed by atoms with van der Waals surface area (Å²) in [7, 11) is 0. The van der Waals surface area contributed by atoms with Gasteiger partial charge in [0, 0.05) is 30.2 Å². The second kappa shape index (κ2) is 6.17. The van der Waals surface area contributed by atoms with Crippen molar-refractivity contribution in [3.05, 3.63) is 52.8 Å². The van der Waals surface area contributed by atoms with Crippen LogP contribution in [-0.2, 0) is 0 Å². The summed E-state index contributed by atoms with van der Waals surface area (Å²) in [4.78, 5) is 14.5. The SMILES string of the molecule is CCN(CC)C(=O)c1cc(C)n(-c2ccccc2C)c1C. The average Bonchev–Trinajstić information content (AvgIpc) is 2.76. The maximum Gasteiger partial charge on any atom is 0.255 e. The number of carbonyl (C=O) groups is 1. The van der Waals surface area contributed by atoms with Crippen LogP contribution in [0.4, 0.5) is 0 Å². The Morgan fingerprint density at radius 1 is 1.10 bits per heavy atom. The molecular formula is C18H24N2O. The zero-order valence-electron chi connectivity index (χ0n) is 13.6. The van der Waals surface area contributed by atoms with Gasteiger partial charge in [0.15, 0.2) is 0 Å². The average molecular weight is 284 g/mol. The second-order valence-electron chi connectivity index (χ2n) is 5.38. The van der Waals surface area contributed by atoms with Crippen molar-refractivity contribution in [1.29, 1.82) is 0 Å². The van der Waals surface area contributed by atoms with E-state index in [2.05, 4.69) is 30.5 Å². The molecule has 0 fully saturated rings. The van der Waals surface area contributed by atoms with Crippen LogP contribution in [0, 0.1) is 20.8 Å². The summed E-state index contributed by atoms with van der Waals surface area (Å²) >= 11 is 0. The summed E-state index contributed by atoms with van der Waals surface area (Å²) in [5.74, 6) is 0.118. The van der Waals surface area contributed by atoms with Crippen LogP contribution in [0.15, 0.2) is 30.3 Å². The highest BCUT2D eigenvalue weighted by atomic mass is 16.2. The molecule has 0 radical (unpaired) electrons. The van der Waals surface area contributed by atoms with E-state index in [1.807, 2.05) is 43.9 Å². The molecule has 3 heteroatoms. The third-order valence-corrected chi connectivity index (χ3v) is 4.07. The molecule has 0 aliphatic carbocycles. The van der Waals surface area contributed by atoms with Crippen LogP contribution in [0.25, 0.3) is 5.69 Å². The van der Waals surface area contributed by atoms with Crippen LogP contribution < -0.4 is 0 Å². The summed E-state index contributed by atoms with van der Waals surface area (Å²) in [6, 6.07) is 10.3. The van der Waals surface area contributed by atoms with Crippen molar-refractivity contribution in [2.75, 3.05) is 13.1 Å². The minimum absolute atomic E-state index is 0.118. The summed E-state index contributed by atoms with van der Waals surface area (Å²) in [5.41, 5.74) is 5.27. The number of benzene rings is 1. The Morgan fingerprint density at radius 2 is 1.71 bits per heavy atom. The van der Waals surface area contributed by atoms with Crippen molar-refractivity contribution < 1.29 is 4.79 Å². The van der Waals surface area contributed by atoms with Crippen LogP contribution in [0.3, 0.4) is 0 Å². The van der Waals surface area contributed by atoms with E-state index < -0.39 is 0 Å². The molecule has 0 N–H and O–H groups in total. The van der Waals surface area contributed by atoms with E-state index >= 15 is 0 Å². The zero-order valence-corrected chi connectivity index (χ0v) is 13.6. The molecule has 112 valence electrons. The number of rotatable bonds is 4. The van der Waals surface area contributed by atoms with Gasteiger partial charge >= 0.3 is 0 Å². The normalized spacial score (nSPS) is 10.7. The fraction of sp³-hybridized carbons (Fsp3) is 0.389. The van der Waals surface area contributed by atoms with E-state index in [4.69, 9.17) is 0 Å². The molecule has 21 heavy (non-hydrogen) atoms. The van der Waals surface area contributed by atoms with Crippen LogP contribution >= 0.6 is 0 Å². The van der Waals surface area contributed by atoms with E-state index in [1.165, 1.54) is 5.56 Å². The molecule has 0 bridgehead atoms. The highest BCUT2D eigenvalue weighted by Gasteiger charge is 2.20. The zero-order chi connectivity index (χ0) is 15.6. The number of amides is 1. The molecule has 0 atom stereocenters. The van der Waals surface area contributed by atoms with E-state index in [1.54, 1.807) is 0 Å². The molecule has 0 aliphatic rings. The summed E-state index contributed by atoms with van der Waals surface area (Å²) in [6.07, 6.45) is 0. The Balaban J connectivity index is 2.53. The maximum atomic E-state index is 12.6. The topological polar surface area (TPSA) is 25.2 Å². The van der Waals surface area contributed by atoms with Gasteiger partial charge in [-0.2, -0.15) is 0 Å². The smallest absolute Gasteiger partial charge is 0.255 e. The summed E-state index contributed by atoms with van der Waals surface area (Å²) < 4.78 is 2.17. The standard InChI is InChI=1S/C18H24N2O/c1-6-19(7-2)18(21)16-12-14(4)20(15(16)5)17-11-9-8-10-13(17)3/h8-12H,6-7H2,1-5H3. The highest BCUT2D eigenvalue weighted by molar-refractivity contribution is 5.96. The monoisotopic (exact) mass is 284 g/mol. The van der Waals surface area contributed by atoms with E-state index in [-0.39, 0.29) is 5.91 Å². The van der Waals surface area contributed by atoms with Gasteiger partial charge in [-0.05, 0) is 52.3 Å². The largest absolute Gasteiger partial charge is 0.339 e. The van der Waals surface area contributed by atoms with Gasteiger partial charge in [0.25, 0.3) is 5.91 Å². The molecule has 0 saturated heterocycles. The molecule has 1 aromatic carbocycles. The Bertz CT molecular complexity index is 651. The Hall–Kier alpha value is -2.03. The number of para-hydroxylation sites is 1. The molecule has 0 aliphatic heterocycles. The maximum absolute atomic E-state index is 12.6. The van der Waals surface area contributed by atoms with Crippen LogP contribution in [0.5, 0.6) is 0 Å². The lowest BCUT2D eigenvalue weighted by molar-refractivity contribution is 0.0772. The first-order chi connectivity index (χ1) is 10.0. The predicted molar refractivity (Wildman–Crippen MR) is 87.2 cm³/mol. The van der Waals surface area contributed by atoms with Crippen molar-refractivity contribution in [2.45, 2.75) is 34.6 Å². The fourth-order valence-electron chi connectivity index (χ4n) is 2.85. The molecule has 0 saturated carbocycles. The van der Waals surface area contributed by atoms with Crippen molar-refractivity contribution in [3.8, 4) is 5.69 Å². The third-order valence-electron chi connectivity index (χ3n) is 4.07. The van der Waals surface area contributed by atoms with Crippen molar-refractivity contribution in [1.82, 2.24) is 9.47 Å². The van der Waals surface area contributed by atoms with Gasteiger partial charge in [-0.3, -0.25) is 4.79 Å². The van der Waals surface area contributed by atoms with Gasteiger partial charge in [0.05, 0.1) is 5.56 Å². The van der Waals surface area contributed by atoms with Gasteiger partial charge in [0.1, 0.15) is 0 Å². The Labute approximate surface area is 127 Å². The molecule has 1 amide bonds. The highest BCUT2D eigenvalue weighted by Crippen LogP contribution is 2.24. The van der Waals surface area contributed by atoms with Gasteiger partial charge < -0.3 is 9.47 Å². The molecule has 2 aromatic rings. The van der Waals surface area contributed by atoms with Crippen molar-refractivity contribution >= 4 is 5.91 Å². The van der Waals surface area contributed by atoms with E-state index in [0.29, 0.717) is 0 Å². The first kappa shape index (κ1) is 15.4. The first-order valence-corrected chi connectivity index (χ1v) is 7.55. The molecule has 3 nitrogen and oxygen atoms in total. The quantitative estimate of drug-likeness (QED) is 0.836. The lowest BCUT2D eigenvalue weighted by Gasteiger charge is -2.19. The lowest BCUT2D eigenvalue weighted by Crippen LogP contribution is -2.30. The first-order valence-electron chi connectivity index (χ1n) is 7.55. The second-order valence-corrected chi connectivity index (χ2v) is 5.38. The summed E-state index contributed by atoms with van der Waals surface area (Å²) in [5, 5.41) is 0. The lowest BCUT2D eigenvalue weighted by atomic mass is 10.2. The number of carbonyl (C=O) groups excluding carboxylic acids is 1. The molecule has 0 unspecified atom stereocenters. The molecule has 2 rings (SSSR count). The van der Waals surface area contributed by atoms with Crippen molar-refractivity contribution in [3.63, 3.8) is 0 Å². The molecule has 1 heterocycles. The molecule has 1 aromatic heterocycles. The van der Waals surface area contributed by atoms with Gasteiger partial charge in [-0.25, -0.2) is 0 Å². The Kier molecular flexibility index (Phi) is 4.51. The van der Waals surface area contributed by atoms with Gasteiger partial charge in [-0.1, -0.05) is 18.2 Å². The molecule has 0 spiro atoms. The summed E-state index contributed by atoms with van der Waals surface area (Å²) in [6.45, 7) is 11.7. The van der Waals surface area contributed by atoms with Crippen LogP contribution in [0.2, 0.25) is 0 Å². The number of aromatic nitrogens is 1. The predicted octanol–water partition coefficient (Wildman–Crippen LogP) is 3.88. The fourth-order valence-corrected chi connectivity index (χ4v) is 2.85. The number of aryl methyl sites for hydroxylation is 2. The van der Waals surface area contributed by atoms with E-state index in [0.717, 1.165) is 35.7 Å². The number of nitrogens with zero attached hydrogens (tertiary/aromatic N) is 2. The minimum atomic E-state index is 0.118. The number of hydrogen-bond acceptors (Lipinski definition) is 1. The van der Waals surface area contributed by atoms with Crippen LogP contribution in [0.1, 0.15) is 41.2 Å². The Morgan fingerprint density at radius 3 is 2.29 bits per heavy atom. The van der Waals surface area contributed by atoms with Gasteiger partial charge in [0.2, 0.25) is 0 Å². The number of hydrogen-bond donors (Lipinski definition) is 0. The molecular weight excluding hydrogens is 260 g/mol. The van der Waals surface area contributed by atoms with Gasteiger partial charge in [-0.15, -0.1) is 0 Å². The minimum Gasteiger partial charge on any atom is -0.339 e. The van der Waals surface area contributed by atoms with Crippen LogP contribution in [-0.4, -0.2) is 28.5 Å². The third kappa shape index (κ3) is 2.73. The van der Waals surface area contributed by atoms with Crippen molar-refractivity contribution in [2.24, 2.45) is 0 Å². The van der Waals surface area contributed by atoms with E-state index in [9.17, 15) is 4.79 Å².